The van der Waals surface area contributed by atoms with Crippen LogP contribution in [0.5, 0.6) is 0 Å². The molecule has 1 aromatic rings. The monoisotopic (exact) mass is 303 g/mol. The first-order valence-electron chi connectivity index (χ1n) is 7.51. The maximum atomic E-state index is 12.0. The summed E-state index contributed by atoms with van der Waals surface area (Å²) in [5.41, 5.74) is 2.65. The summed E-state index contributed by atoms with van der Waals surface area (Å²) in [6.07, 6.45) is 5.41. The lowest BCUT2D eigenvalue weighted by Gasteiger charge is -2.08. The van der Waals surface area contributed by atoms with E-state index >= 15 is 0 Å². The van der Waals surface area contributed by atoms with Gasteiger partial charge in [0.25, 0.3) is 5.91 Å². The molecular weight excluding hydrogens is 278 g/mol. The van der Waals surface area contributed by atoms with E-state index < -0.39 is 0 Å². The molecule has 0 heterocycles. The highest BCUT2D eigenvalue weighted by molar-refractivity contribution is 5.96. The summed E-state index contributed by atoms with van der Waals surface area (Å²) in [7, 11) is 0. The molecule has 1 amide bonds. The van der Waals surface area contributed by atoms with E-state index in [1.165, 1.54) is 23.8 Å². The van der Waals surface area contributed by atoms with Gasteiger partial charge in [-0.05, 0) is 29.5 Å². The summed E-state index contributed by atoms with van der Waals surface area (Å²) in [4.78, 5) is 12.0. The van der Waals surface area contributed by atoms with Gasteiger partial charge in [-0.15, -0.1) is 0 Å². The van der Waals surface area contributed by atoms with Gasteiger partial charge >= 0.3 is 0 Å². The van der Waals surface area contributed by atoms with Crippen LogP contribution in [-0.4, -0.2) is 29.3 Å². The molecule has 0 aromatic heterocycles. The van der Waals surface area contributed by atoms with Crippen LogP contribution in [0.2, 0.25) is 0 Å². The van der Waals surface area contributed by atoms with E-state index in [9.17, 15) is 4.79 Å². The van der Waals surface area contributed by atoms with E-state index in [1.54, 1.807) is 0 Å². The Morgan fingerprint density at radius 3 is 2.32 bits per heavy atom. The summed E-state index contributed by atoms with van der Waals surface area (Å²) in [6, 6.07) is 8.18. The Bertz CT molecular complexity index is 516. The highest BCUT2D eigenvalue weighted by Crippen LogP contribution is 2.10. The van der Waals surface area contributed by atoms with Crippen LogP contribution in [0.1, 0.15) is 25.0 Å². The number of aliphatic hydroxyl groups excluding tert-OH is 2. The van der Waals surface area contributed by atoms with Gasteiger partial charge in [-0.25, -0.2) is 0 Å². The molecule has 1 rings (SSSR count). The largest absolute Gasteiger partial charge is 0.392 e. The zero-order valence-electron chi connectivity index (χ0n) is 13.2. The molecule has 0 radical (unpaired) electrons. The van der Waals surface area contributed by atoms with Crippen molar-refractivity contribution in [2.75, 3.05) is 13.2 Å². The van der Waals surface area contributed by atoms with Crippen LogP contribution in [0, 0.1) is 5.92 Å². The lowest BCUT2D eigenvalue weighted by Crippen LogP contribution is -2.24. The Morgan fingerprint density at radius 2 is 1.77 bits per heavy atom. The Balaban J connectivity index is 2.59. The molecule has 0 spiro atoms. The standard InChI is InChI=1S/C18H25NO3/c1-14(2)12-15-5-7-16(8-6-15)13-19-18(22)17(9-11-21)4-3-10-20/h3-9,14,20-21H,10-13H2,1-2H3,(H,19,22)/b4-3-,17-9+. The van der Waals surface area contributed by atoms with Crippen LogP contribution >= 0.6 is 0 Å². The first-order chi connectivity index (χ1) is 10.6. The molecule has 0 aliphatic heterocycles. The quantitative estimate of drug-likeness (QED) is 0.508. The Kier molecular flexibility index (Phi) is 8.18. The van der Waals surface area contributed by atoms with Crippen molar-refractivity contribution in [3.05, 3.63) is 59.2 Å². The summed E-state index contributed by atoms with van der Waals surface area (Å²) in [5.74, 6) is 0.347. The second kappa shape index (κ2) is 9.92. The summed E-state index contributed by atoms with van der Waals surface area (Å²) >= 11 is 0. The van der Waals surface area contributed by atoms with Crippen molar-refractivity contribution in [2.45, 2.75) is 26.8 Å². The van der Waals surface area contributed by atoms with Crippen molar-refractivity contribution in [1.82, 2.24) is 5.32 Å². The SMILES string of the molecule is CC(C)Cc1ccc(CNC(=O)C(/C=C\CO)=C/CO)cc1. The number of benzene rings is 1. The molecule has 0 saturated carbocycles. The molecular formula is C18H25NO3. The zero-order valence-corrected chi connectivity index (χ0v) is 13.2. The number of carbonyl (C=O) groups is 1. The fraction of sp³-hybridized carbons (Fsp3) is 0.389. The maximum absolute atomic E-state index is 12.0. The molecule has 120 valence electrons. The van der Waals surface area contributed by atoms with Crippen molar-refractivity contribution in [3.8, 4) is 0 Å². The minimum Gasteiger partial charge on any atom is -0.392 e. The summed E-state index contributed by atoms with van der Waals surface area (Å²) in [6.45, 7) is 4.43. The van der Waals surface area contributed by atoms with Gasteiger partial charge in [-0.1, -0.05) is 50.3 Å². The normalized spacial score (nSPS) is 12.1. The van der Waals surface area contributed by atoms with Crippen LogP contribution in [0.25, 0.3) is 0 Å². The van der Waals surface area contributed by atoms with Crippen LogP contribution in [0.4, 0.5) is 0 Å². The molecule has 0 aliphatic carbocycles. The smallest absolute Gasteiger partial charge is 0.251 e. The molecule has 0 fully saturated rings. The second-order valence-corrected chi connectivity index (χ2v) is 5.52. The molecule has 0 aliphatic rings. The highest BCUT2D eigenvalue weighted by Gasteiger charge is 2.06. The van der Waals surface area contributed by atoms with E-state index in [1.807, 2.05) is 12.1 Å². The zero-order chi connectivity index (χ0) is 16.4. The van der Waals surface area contributed by atoms with Gasteiger partial charge in [0.1, 0.15) is 0 Å². The first-order valence-corrected chi connectivity index (χ1v) is 7.51. The van der Waals surface area contributed by atoms with Crippen LogP contribution < -0.4 is 5.32 Å². The van der Waals surface area contributed by atoms with Crippen LogP contribution in [0.3, 0.4) is 0 Å². The summed E-state index contributed by atoms with van der Waals surface area (Å²) < 4.78 is 0. The Hall–Kier alpha value is -1.91. The highest BCUT2D eigenvalue weighted by atomic mass is 16.3. The predicted octanol–water partition coefficient (Wildman–Crippen LogP) is 1.97. The van der Waals surface area contributed by atoms with Gasteiger partial charge < -0.3 is 15.5 Å². The number of amides is 1. The number of rotatable bonds is 8. The number of hydrogen-bond acceptors (Lipinski definition) is 3. The third-order valence-corrected chi connectivity index (χ3v) is 3.10. The Labute approximate surface area is 132 Å². The molecule has 4 nitrogen and oxygen atoms in total. The first kappa shape index (κ1) is 18.1. The van der Waals surface area contributed by atoms with Crippen molar-refractivity contribution in [3.63, 3.8) is 0 Å². The topological polar surface area (TPSA) is 69.6 Å². The third-order valence-electron chi connectivity index (χ3n) is 3.10. The number of carbonyl (C=O) groups excluding carboxylic acids is 1. The Morgan fingerprint density at radius 1 is 1.14 bits per heavy atom. The van der Waals surface area contributed by atoms with Crippen LogP contribution in [0.15, 0.2) is 48.1 Å². The fourth-order valence-electron chi connectivity index (χ4n) is 2.06. The molecule has 0 bridgehead atoms. The van der Waals surface area contributed by atoms with Crippen molar-refractivity contribution >= 4 is 5.91 Å². The average molecular weight is 303 g/mol. The van der Waals surface area contributed by atoms with E-state index in [2.05, 4.69) is 31.3 Å². The van der Waals surface area contributed by atoms with Gasteiger partial charge in [0, 0.05) is 12.1 Å². The molecule has 0 atom stereocenters. The van der Waals surface area contributed by atoms with E-state index in [0.29, 0.717) is 18.0 Å². The lowest BCUT2D eigenvalue weighted by molar-refractivity contribution is -0.117. The van der Waals surface area contributed by atoms with Gasteiger partial charge in [-0.3, -0.25) is 4.79 Å². The third kappa shape index (κ3) is 6.70. The number of nitrogens with one attached hydrogen (secondary N) is 1. The lowest BCUT2D eigenvalue weighted by atomic mass is 10.0. The van der Waals surface area contributed by atoms with Crippen molar-refractivity contribution in [1.29, 1.82) is 0 Å². The molecule has 22 heavy (non-hydrogen) atoms. The van der Waals surface area contributed by atoms with E-state index in [-0.39, 0.29) is 19.1 Å². The summed E-state index contributed by atoms with van der Waals surface area (Å²) in [5, 5.41) is 20.5. The number of aliphatic hydroxyl groups is 2. The molecule has 1 aromatic carbocycles. The minimum atomic E-state index is -0.273. The second-order valence-electron chi connectivity index (χ2n) is 5.52. The fourth-order valence-corrected chi connectivity index (χ4v) is 2.06. The van der Waals surface area contributed by atoms with Gasteiger partial charge in [0.15, 0.2) is 0 Å². The van der Waals surface area contributed by atoms with E-state index in [0.717, 1.165) is 12.0 Å². The number of hydrogen-bond donors (Lipinski definition) is 3. The van der Waals surface area contributed by atoms with Crippen molar-refractivity contribution in [2.24, 2.45) is 5.92 Å². The van der Waals surface area contributed by atoms with Gasteiger partial charge in [0.2, 0.25) is 0 Å². The molecule has 0 saturated heterocycles. The van der Waals surface area contributed by atoms with E-state index in [4.69, 9.17) is 10.2 Å². The molecule has 3 N–H and O–H groups in total. The average Bonchev–Trinajstić information content (AvgIpc) is 2.50. The van der Waals surface area contributed by atoms with Crippen molar-refractivity contribution < 1.29 is 15.0 Å². The molecule has 0 unspecified atom stereocenters. The minimum absolute atomic E-state index is 0.145. The maximum Gasteiger partial charge on any atom is 0.251 e. The predicted molar refractivity (Wildman–Crippen MR) is 88.2 cm³/mol. The van der Waals surface area contributed by atoms with Gasteiger partial charge in [0.05, 0.1) is 13.2 Å². The molecule has 4 heteroatoms. The van der Waals surface area contributed by atoms with Gasteiger partial charge in [-0.2, -0.15) is 0 Å². The van der Waals surface area contributed by atoms with Crippen LogP contribution in [-0.2, 0) is 17.8 Å².